The second-order valence-electron chi connectivity index (χ2n) is 17.7. The molecule has 0 spiro atoms. The summed E-state index contributed by atoms with van der Waals surface area (Å²) >= 11 is 0. The van der Waals surface area contributed by atoms with Gasteiger partial charge in [-0.2, -0.15) is 0 Å². The van der Waals surface area contributed by atoms with E-state index in [4.69, 9.17) is 40.9 Å². The van der Waals surface area contributed by atoms with Crippen molar-refractivity contribution in [2.75, 3.05) is 50.8 Å². The van der Waals surface area contributed by atoms with Crippen molar-refractivity contribution >= 4 is 23.1 Å². The number of nitrogens with zero attached hydrogens (tertiary/aromatic N) is 6. The zero-order chi connectivity index (χ0) is 46.3. The SMILES string of the molecule is C.NCC1O[C@@H](O[C@H]2C(N)C[C@H](CCc3cn(CCN4CCN(c5cc6c(cc5F)c(=O)c(OC=O)cn6C5CC5)CC4)nn3)C(OC3O[C@@H](CO)C(O)[C@H](N)[C@@H]3O)[C@@H]2O)C(O)[C@H](O)[C@H]1O. The second kappa shape index (κ2) is 21.2. The van der Waals surface area contributed by atoms with Gasteiger partial charge in [-0.05, 0) is 50.2 Å². The minimum atomic E-state index is -1.72. The quantitative estimate of drug-likeness (QED) is 0.0612. The summed E-state index contributed by atoms with van der Waals surface area (Å²) in [6.45, 7) is 2.86. The number of anilines is 1. The Labute approximate surface area is 379 Å². The van der Waals surface area contributed by atoms with Crippen molar-refractivity contribution in [1.82, 2.24) is 24.5 Å². The lowest BCUT2D eigenvalue weighted by Gasteiger charge is -2.49. The summed E-state index contributed by atoms with van der Waals surface area (Å²) < 4.78 is 47.6. The summed E-state index contributed by atoms with van der Waals surface area (Å²) in [5.74, 6) is -1.18. The van der Waals surface area contributed by atoms with Crippen LogP contribution in [-0.2, 0) is 36.7 Å². The third kappa shape index (κ3) is 10.3. The van der Waals surface area contributed by atoms with Crippen molar-refractivity contribution in [3.05, 3.63) is 46.3 Å². The molecule has 3 saturated heterocycles. The third-order valence-electron chi connectivity index (χ3n) is 13.5. The van der Waals surface area contributed by atoms with Crippen molar-refractivity contribution in [2.24, 2.45) is 23.1 Å². The van der Waals surface area contributed by atoms with Gasteiger partial charge in [-0.25, -0.2) is 4.39 Å². The van der Waals surface area contributed by atoms with Gasteiger partial charge in [-0.15, -0.1) is 5.10 Å². The van der Waals surface area contributed by atoms with Crippen LogP contribution in [0.3, 0.4) is 0 Å². The molecule has 2 aromatic heterocycles. The molecule has 66 heavy (non-hydrogen) atoms. The van der Waals surface area contributed by atoms with Crippen molar-refractivity contribution in [2.45, 2.75) is 138 Å². The number of hydrogen-bond acceptors (Lipinski definition) is 21. The van der Waals surface area contributed by atoms with Gasteiger partial charge >= 0.3 is 0 Å². The average molecular weight is 938 g/mol. The zero-order valence-corrected chi connectivity index (χ0v) is 35.6. The number of carbonyl (C=O) groups excluding carboxylic acids is 1. The molecule has 13 N–H and O–H groups in total. The van der Waals surface area contributed by atoms with Gasteiger partial charge < -0.3 is 86.1 Å². The Kier molecular flexibility index (Phi) is 16.1. The Hall–Kier alpha value is -3.83. The van der Waals surface area contributed by atoms with Gasteiger partial charge in [0.1, 0.15) is 60.8 Å². The predicted molar refractivity (Wildman–Crippen MR) is 230 cm³/mol. The number of aromatic nitrogens is 4. The van der Waals surface area contributed by atoms with Gasteiger partial charge in [-0.3, -0.25) is 19.2 Å². The highest BCUT2D eigenvalue weighted by Crippen LogP contribution is 2.40. The maximum atomic E-state index is 15.6. The van der Waals surface area contributed by atoms with E-state index < -0.39 is 109 Å². The Morgan fingerprint density at radius 2 is 1.56 bits per heavy atom. The maximum Gasteiger partial charge on any atom is 0.298 e. The second-order valence-corrected chi connectivity index (χ2v) is 17.7. The lowest BCUT2D eigenvalue weighted by atomic mass is 9.77. The van der Waals surface area contributed by atoms with Gasteiger partial charge in [-0.1, -0.05) is 12.6 Å². The summed E-state index contributed by atoms with van der Waals surface area (Å²) in [4.78, 5) is 28.2. The fraction of sp³-hybridized carbons (Fsp3) is 0.714. The van der Waals surface area contributed by atoms with E-state index in [2.05, 4.69) is 15.2 Å². The van der Waals surface area contributed by atoms with E-state index in [0.717, 1.165) is 12.8 Å². The fourth-order valence-electron chi connectivity index (χ4n) is 9.47. The molecule has 6 unspecified atom stereocenters. The fourth-order valence-corrected chi connectivity index (χ4v) is 9.47. The maximum absolute atomic E-state index is 15.6. The number of nitrogens with two attached hydrogens (primary N) is 3. The van der Waals surface area contributed by atoms with Crippen molar-refractivity contribution in [1.29, 1.82) is 0 Å². The molecule has 2 saturated carbocycles. The normalized spacial score (nSPS) is 35.4. The smallest absolute Gasteiger partial charge is 0.298 e. The molecule has 0 amide bonds. The van der Waals surface area contributed by atoms with Gasteiger partial charge in [0.25, 0.3) is 6.47 Å². The molecule has 0 bridgehead atoms. The van der Waals surface area contributed by atoms with Gasteiger partial charge in [0.2, 0.25) is 5.43 Å². The summed E-state index contributed by atoms with van der Waals surface area (Å²) in [5.41, 5.74) is 19.4. The van der Waals surface area contributed by atoms with Crippen LogP contribution in [0.2, 0.25) is 0 Å². The number of aryl methyl sites for hydroxylation is 1. The van der Waals surface area contributed by atoms with E-state index in [1.54, 1.807) is 10.7 Å². The molecule has 24 heteroatoms. The van der Waals surface area contributed by atoms with Gasteiger partial charge in [0.05, 0.1) is 53.8 Å². The molecule has 2 aliphatic carbocycles. The molecule has 5 fully saturated rings. The number of aliphatic hydroxyl groups is 7. The zero-order valence-electron chi connectivity index (χ0n) is 35.6. The highest BCUT2D eigenvalue weighted by Gasteiger charge is 2.52. The van der Waals surface area contributed by atoms with Crippen LogP contribution in [0.25, 0.3) is 10.9 Å². The van der Waals surface area contributed by atoms with Crippen molar-refractivity contribution < 1.29 is 68.6 Å². The molecule has 0 radical (unpaired) electrons. The van der Waals surface area contributed by atoms with Crippen molar-refractivity contribution in [3.8, 4) is 5.75 Å². The van der Waals surface area contributed by atoms with E-state index in [-0.39, 0.29) is 44.0 Å². The highest BCUT2D eigenvalue weighted by molar-refractivity contribution is 5.85. The molecule has 5 heterocycles. The number of piperazine rings is 1. The van der Waals surface area contributed by atoms with Crippen LogP contribution in [0.5, 0.6) is 5.75 Å². The van der Waals surface area contributed by atoms with E-state index in [1.165, 1.54) is 12.3 Å². The molecular weight excluding hydrogens is 874 g/mol. The first-order chi connectivity index (χ1) is 31.2. The Morgan fingerprint density at radius 1 is 0.864 bits per heavy atom. The van der Waals surface area contributed by atoms with E-state index in [0.29, 0.717) is 69.0 Å². The number of pyridine rings is 1. The van der Waals surface area contributed by atoms with Crippen LogP contribution >= 0.6 is 0 Å². The summed E-state index contributed by atoms with van der Waals surface area (Å²) in [7, 11) is 0. The average Bonchev–Trinajstić information content (AvgIpc) is 4.05. The molecular formula is C42H64FN9O14. The first-order valence-electron chi connectivity index (χ1n) is 22.1. The summed E-state index contributed by atoms with van der Waals surface area (Å²) in [6, 6.07) is 0.952. The van der Waals surface area contributed by atoms with Crippen LogP contribution in [-0.4, -0.2) is 198 Å². The van der Waals surface area contributed by atoms with Crippen LogP contribution < -0.4 is 32.3 Å². The number of ether oxygens (including phenoxy) is 5. The van der Waals surface area contributed by atoms with Crippen LogP contribution in [0.4, 0.5) is 10.1 Å². The molecule has 23 nitrogen and oxygen atoms in total. The molecule has 1 aromatic carbocycles. The number of hydrogen-bond donors (Lipinski definition) is 10. The highest BCUT2D eigenvalue weighted by atomic mass is 19.1. The lowest BCUT2D eigenvalue weighted by molar-refractivity contribution is -0.335. The van der Waals surface area contributed by atoms with E-state index in [1.807, 2.05) is 15.7 Å². The Bertz CT molecular complexity index is 2160. The number of rotatable bonds is 16. The first kappa shape index (κ1) is 50.1. The number of benzene rings is 1. The van der Waals surface area contributed by atoms with Gasteiger partial charge in [0, 0.05) is 57.5 Å². The first-order valence-corrected chi connectivity index (χ1v) is 22.1. The third-order valence-corrected chi connectivity index (χ3v) is 13.5. The topological polar surface area (TPSA) is 342 Å². The number of carbonyl (C=O) groups is 1. The number of aliphatic hydroxyl groups excluding tert-OH is 7. The minimum Gasteiger partial charge on any atom is -0.423 e. The number of halogens is 1. The van der Waals surface area contributed by atoms with Crippen molar-refractivity contribution in [3.63, 3.8) is 0 Å². The molecule has 368 valence electrons. The molecule has 5 aliphatic rings. The summed E-state index contributed by atoms with van der Waals surface area (Å²) in [6.07, 6.45) is -11.1. The lowest BCUT2D eigenvalue weighted by Crippen LogP contribution is -2.66. The number of fused-ring (bicyclic) bond motifs is 1. The molecule has 3 aliphatic heterocycles. The van der Waals surface area contributed by atoms with Crippen LogP contribution in [0, 0.1) is 11.7 Å². The molecule has 8 rings (SSSR count). The van der Waals surface area contributed by atoms with Crippen LogP contribution in [0.1, 0.15) is 44.8 Å². The van der Waals surface area contributed by atoms with Gasteiger partial charge in [0.15, 0.2) is 18.3 Å². The Morgan fingerprint density at radius 3 is 2.24 bits per heavy atom. The van der Waals surface area contributed by atoms with E-state index in [9.17, 15) is 45.3 Å². The van der Waals surface area contributed by atoms with E-state index >= 15 is 4.39 Å². The standard InChI is InChI=1S/C41H60FN9O14.CH4/c42-23-12-22-25(51(21-3-4-21)16-28(31(22)54)61-18-53)13-26(23)49-8-5-48(6-9-49)7-10-50-15-20(46-47-50)2-1-19-11-24(44)39(65-41-36(59)35(58)33(56)27(14-43)62-41)37(60)38(19)64-40-34(57)30(45)32(55)29(17-52)63-40;/h12-13,15-16,18-19,21,24,27,29-30,32-41,52,55-60H,1-11,14,17,43-45H2;1H4/t19-,24?,27?,29-,30-,32?,33-,34-,35+,36?,37-,38?,39-,40?,41-;/m0./s1. The molecule has 3 aromatic rings. The monoisotopic (exact) mass is 937 g/mol. The predicted octanol–water partition coefficient (Wildman–Crippen LogP) is -4.00. The summed E-state index contributed by atoms with van der Waals surface area (Å²) in [5, 5.41) is 83.3. The molecule has 15 atom stereocenters. The minimum absolute atomic E-state index is 0. The van der Waals surface area contributed by atoms with Crippen LogP contribution in [0.15, 0.2) is 29.3 Å². The largest absolute Gasteiger partial charge is 0.423 e. The Balaban J connectivity index is 0.00000648.